The fraction of sp³-hybridized carbons (Fsp3) is 0.500. The molecule has 1 atom stereocenters. The topological polar surface area (TPSA) is 55.1 Å². The van der Waals surface area contributed by atoms with Gasteiger partial charge in [0.05, 0.1) is 6.04 Å². The molecule has 0 saturated carbocycles. The van der Waals surface area contributed by atoms with E-state index >= 15 is 0 Å². The highest BCUT2D eigenvalue weighted by Gasteiger charge is 2.13. The average Bonchev–Trinajstić information content (AvgIpc) is 2.36. The smallest absolute Gasteiger partial charge is 0.241 e. The molecule has 0 radical (unpaired) electrons. The highest BCUT2D eigenvalue weighted by molar-refractivity contribution is 5.95. The summed E-state index contributed by atoms with van der Waals surface area (Å²) in [6.45, 7) is 4.17. The molecule has 0 aromatic heterocycles. The molecule has 0 saturated heterocycles. The van der Waals surface area contributed by atoms with Crippen molar-refractivity contribution in [1.29, 1.82) is 0 Å². The van der Waals surface area contributed by atoms with E-state index in [9.17, 15) is 4.79 Å². The second-order valence-electron chi connectivity index (χ2n) is 4.25. The quantitative estimate of drug-likeness (QED) is 0.795. The first kappa shape index (κ1) is 13.7. The zero-order chi connectivity index (χ0) is 12.7. The summed E-state index contributed by atoms with van der Waals surface area (Å²) in [6.07, 6.45) is 3.70. The highest BCUT2D eigenvalue weighted by Crippen LogP contribution is 2.15. The van der Waals surface area contributed by atoms with Gasteiger partial charge in [0.15, 0.2) is 0 Å². The van der Waals surface area contributed by atoms with E-state index in [0.29, 0.717) is 0 Å². The number of amides is 1. The molecule has 0 aliphatic heterocycles. The van der Waals surface area contributed by atoms with Gasteiger partial charge in [-0.3, -0.25) is 4.79 Å². The first-order valence-electron chi connectivity index (χ1n) is 6.33. The average molecular weight is 234 g/mol. The largest absolute Gasteiger partial charge is 0.324 e. The summed E-state index contributed by atoms with van der Waals surface area (Å²) in [7, 11) is 0. The Bertz CT molecular complexity index is 363. The maximum absolute atomic E-state index is 11.9. The first-order valence-corrected chi connectivity index (χ1v) is 6.33. The fourth-order valence-electron chi connectivity index (χ4n) is 1.73. The number of unbranched alkanes of at least 4 members (excludes halogenated alkanes) is 1. The van der Waals surface area contributed by atoms with Crippen LogP contribution in [0.1, 0.15) is 38.7 Å². The zero-order valence-corrected chi connectivity index (χ0v) is 10.7. The fourth-order valence-corrected chi connectivity index (χ4v) is 1.73. The van der Waals surface area contributed by atoms with Crippen LogP contribution >= 0.6 is 0 Å². The second-order valence-corrected chi connectivity index (χ2v) is 4.25. The van der Waals surface area contributed by atoms with Gasteiger partial charge in [-0.05, 0) is 24.5 Å². The van der Waals surface area contributed by atoms with E-state index < -0.39 is 6.04 Å². The third kappa shape index (κ3) is 4.19. The normalized spacial score (nSPS) is 12.2. The van der Waals surface area contributed by atoms with Crippen molar-refractivity contribution in [3.63, 3.8) is 0 Å². The molecule has 1 rings (SSSR count). The van der Waals surface area contributed by atoms with Crippen molar-refractivity contribution >= 4 is 11.6 Å². The summed E-state index contributed by atoms with van der Waals surface area (Å²) in [5.74, 6) is -0.0839. The van der Waals surface area contributed by atoms with Crippen LogP contribution in [0.5, 0.6) is 0 Å². The Balaban J connectivity index is 2.61. The lowest BCUT2D eigenvalue weighted by molar-refractivity contribution is -0.117. The number of nitrogens with one attached hydrogen (secondary N) is 1. The van der Waals surface area contributed by atoms with Crippen molar-refractivity contribution < 1.29 is 4.79 Å². The molecule has 94 valence electrons. The third-order valence-corrected chi connectivity index (χ3v) is 2.86. The van der Waals surface area contributed by atoms with Crippen LogP contribution in [-0.2, 0) is 11.2 Å². The monoisotopic (exact) mass is 234 g/mol. The number of carbonyl (C=O) groups is 1. The predicted molar refractivity (Wildman–Crippen MR) is 72.0 cm³/mol. The summed E-state index contributed by atoms with van der Waals surface area (Å²) in [5.41, 5.74) is 7.85. The number of rotatable bonds is 6. The van der Waals surface area contributed by atoms with Gasteiger partial charge in [0, 0.05) is 5.69 Å². The van der Waals surface area contributed by atoms with Crippen LogP contribution < -0.4 is 11.1 Å². The maximum atomic E-state index is 11.9. The Kier molecular flexibility index (Phi) is 5.70. The number of anilines is 1. The number of hydrogen-bond donors (Lipinski definition) is 2. The Morgan fingerprint density at radius 1 is 1.35 bits per heavy atom. The molecule has 0 bridgehead atoms. The molecule has 0 aliphatic carbocycles. The third-order valence-electron chi connectivity index (χ3n) is 2.86. The molecular formula is C14H22N2O. The molecule has 17 heavy (non-hydrogen) atoms. The molecule has 1 aromatic carbocycles. The van der Waals surface area contributed by atoms with Crippen LogP contribution in [0.15, 0.2) is 24.3 Å². The Labute approximate surface area is 103 Å². The van der Waals surface area contributed by atoms with Crippen molar-refractivity contribution in [3.05, 3.63) is 29.8 Å². The van der Waals surface area contributed by atoms with Gasteiger partial charge in [-0.25, -0.2) is 0 Å². The van der Waals surface area contributed by atoms with Crippen LogP contribution in [0, 0.1) is 0 Å². The lowest BCUT2D eigenvalue weighted by Gasteiger charge is -2.14. The summed E-state index contributed by atoms with van der Waals surface area (Å²) in [5, 5.41) is 2.91. The minimum Gasteiger partial charge on any atom is -0.324 e. The zero-order valence-electron chi connectivity index (χ0n) is 10.7. The van der Waals surface area contributed by atoms with E-state index in [-0.39, 0.29) is 5.91 Å². The van der Waals surface area contributed by atoms with Crippen LogP contribution in [-0.4, -0.2) is 11.9 Å². The van der Waals surface area contributed by atoms with Gasteiger partial charge in [0.2, 0.25) is 5.91 Å². The van der Waals surface area contributed by atoms with Crippen molar-refractivity contribution in [1.82, 2.24) is 0 Å². The molecule has 0 aliphatic rings. The molecule has 0 fully saturated rings. The minimum absolute atomic E-state index is 0.0839. The molecule has 1 unspecified atom stereocenters. The van der Waals surface area contributed by atoms with Gasteiger partial charge >= 0.3 is 0 Å². The SMILES string of the molecule is CCCCC(N)C(=O)Nc1ccccc1CC. The Morgan fingerprint density at radius 2 is 2.06 bits per heavy atom. The molecule has 0 spiro atoms. The molecule has 3 N–H and O–H groups in total. The summed E-state index contributed by atoms with van der Waals surface area (Å²) >= 11 is 0. The molecule has 1 amide bonds. The highest BCUT2D eigenvalue weighted by atomic mass is 16.2. The Morgan fingerprint density at radius 3 is 2.71 bits per heavy atom. The molecule has 3 nitrogen and oxygen atoms in total. The van der Waals surface area contributed by atoms with Crippen LogP contribution in [0.3, 0.4) is 0 Å². The van der Waals surface area contributed by atoms with Gasteiger partial charge in [-0.1, -0.05) is 44.9 Å². The Hall–Kier alpha value is -1.35. The number of para-hydroxylation sites is 1. The van der Waals surface area contributed by atoms with Crippen molar-refractivity contribution in [2.45, 2.75) is 45.6 Å². The number of aryl methyl sites for hydroxylation is 1. The van der Waals surface area contributed by atoms with Crippen LogP contribution in [0.4, 0.5) is 5.69 Å². The maximum Gasteiger partial charge on any atom is 0.241 e. The van der Waals surface area contributed by atoms with E-state index in [4.69, 9.17) is 5.73 Å². The van der Waals surface area contributed by atoms with Gasteiger partial charge in [-0.15, -0.1) is 0 Å². The molecule has 3 heteroatoms. The summed E-state index contributed by atoms with van der Waals surface area (Å²) in [4.78, 5) is 11.9. The predicted octanol–water partition coefficient (Wildman–Crippen LogP) is 2.71. The van der Waals surface area contributed by atoms with Crippen molar-refractivity contribution in [3.8, 4) is 0 Å². The summed E-state index contributed by atoms with van der Waals surface area (Å²) < 4.78 is 0. The van der Waals surface area contributed by atoms with E-state index in [1.807, 2.05) is 24.3 Å². The number of hydrogen-bond acceptors (Lipinski definition) is 2. The standard InChI is InChI=1S/C14H22N2O/c1-3-5-9-12(15)14(17)16-13-10-7-6-8-11(13)4-2/h6-8,10,12H,3-5,9,15H2,1-2H3,(H,16,17). The number of benzene rings is 1. The number of carbonyl (C=O) groups excluding carboxylic acids is 1. The van der Waals surface area contributed by atoms with E-state index in [0.717, 1.165) is 36.9 Å². The van der Waals surface area contributed by atoms with E-state index in [2.05, 4.69) is 19.2 Å². The van der Waals surface area contributed by atoms with Gasteiger partial charge in [0.25, 0.3) is 0 Å². The van der Waals surface area contributed by atoms with Gasteiger partial charge in [0.1, 0.15) is 0 Å². The lowest BCUT2D eigenvalue weighted by atomic mass is 10.1. The van der Waals surface area contributed by atoms with Gasteiger partial charge in [-0.2, -0.15) is 0 Å². The minimum atomic E-state index is -0.403. The van der Waals surface area contributed by atoms with Crippen molar-refractivity contribution in [2.75, 3.05) is 5.32 Å². The van der Waals surface area contributed by atoms with E-state index in [1.165, 1.54) is 0 Å². The first-order chi connectivity index (χ1) is 8.19. The van der Waals surface area contributed by atoms with Crippen molar-refractivity contribution in [2.24, 2.45) is 5.73 Å². The molecule has 1 aromatic rings. The molecule has 0 heterocycles. The lowest BCUT2D eigenvalue weighted by Crippen LogP contribution is -2.35. The molecular weight excluding hydrogens is 212 g/mol. The second kappa shape index (κ2) is 7.07. The van der Waals surface area contributed by atoms with Crippen LogP contribution in [0.2, 0.25) is 0 Å². The van der Waals surface area contributed by atoms with Gasteiger partial charge < -0.3 is 11.1 Å². The van der Waals surface area contributed by atoms with E-state index in [1.54, 1.807) is 0 Å². The summed E-state index contributed by atoms with van der Waals surface area (Å²) in [6, 6.07) is 7.44. The van der Waals surface area contributed by atoms with Crippen LogP contribution in [0.25, 0.3) is 0 Å². The number of nitrogens with two attached hydrogens (primary N) is 1.